The van der Waals surface area contributed by atoms with Crippen LogP contribution in [0, 0.1) is 0 Å². The van der Waals surface area contributed by atoms with Gasteiger partial charge in [-0.15, -0.1) is 11.3 Å². The molecule has 6 rings (SSSR count). The van der Waals surface area contributed by atoms with Gasteiger partial charge in [0.2, 0.25) is 5.91 Å². The summed E-state index contributed by atoms with van der Waals surface area (Å²) in [6.45, 7) is 2.41. The zero-order valence-electron chi connectivity index (χ0n) is 19.4. The molecule has 2 aliphatic rings. The largest absolute Gasteiger partial charge is 0.376 e. The summed E-state index contributed by atoms with van der Waals surface area (Å²) in [6.07, 6.45) is 4.42. The molecule has 7 heteroatoms. The maximum Gasteiger partial charge on any atom is 0.262 e. The number of aromatic nitrogens is 2. The predicted molar refractivity (Wildman–Crippen MR) is 137 cm³/mol. The van der Waals surface area contributed by atoms with Gasteiger partial charge in [-0.1, -0.05) is 60.7 Å². The topological polar surface area (TPSA) is 64.4 Å². The Labute approximate surface area is 207 Å². The summed E-state index contributed by atoms with van der Waals surface area (Å²) >= 11 is 1.54. The highest BCUT2D eigenvalue weighted by atomic mass is 32.1. The fraction of sp³-hybridized carbons (Fsp3) is 0.321. The molecule has 1 fully saturated rings. The van der Waals surface area contributed by atoms with Crippen molar-refractivity contribution in [3.63, 3.8) is 0 Å². The van der Waals surface area contributed by atoms with Crippen molar-refractivity contribution in [3.8, 4) is 0 Å². The molecule has 4 heterocycles. The molecule has 1 saturated heterocycles. The molecule has 0 spiro atoms. The van der Waals surface area contributed by atoms with Crippen molar-refractivity contribution >= 4 is 27.5 Å². The van der Waals surface area contributed by atoms with E-state index >= 15 is 0 Å². The third kappa shape index (κ3) is 4.19. The van der Waals surface area contributed by atoms with Crippen molar-refractivity contribution in [2.75, 3.05) is 13.2 Å². The van der Waals surface area contributed by atoms with Crippen LogP contribution in [-0.2, 0) is 29.0 Å². The van der Waals surface area contributed by atoms with Crippen LogP contribution >= 0.6 is 11.3 Å². The SMILES string of the molecule is O=C(C(c1ccccc1)c1ccccc1)N1CCc2c(sc3ncn(CC4CCCO4)c(=O)c23)C1. The van der Waals surface area contributed by atoms with Crippen LogP contribution in [-0.4, -0.2) is 39.6 Å². The Balaban J connectivity index is 1.31. The van der Waals surface area contributed by atoms with Crippen LogP contribution in [0.1, 0.15) is 40.3 Å². The van der Waals surface area contributed by atoms with E-state index in [1.54, 1.807) is 22.2 Å². The second-order valence-electron chi connectivity index (χ2n) is 9.29. The number of benzene rings is 2. The first-order valence-electron chi connectivity index (χ1n) is 12.2. The van der Waals surface area contributed by atoms with Crippen molar-refractivity contribution in [1.82, 2.24) is 14.5 Å². The van der Waals surface area contributed by atoms with E-state index in [2.05, 4.69) is 4.98 Å². The van der Waals surface area contributed by atoms with E-state index in [0.717, 1.165) is 51.2 Å². The fourth-order valence-corrected chi connectivity index (χ4v) is 6.49. The number of hydrogen-bond acceptors (Lipinski definition) is 5. The van der Waals surface area contributed by atoms with Gasteiger partial charge in [0.15, 0.2) is 0 Å². The van der Waals surface area contributed by atoms with Gasteiger partial charge in [0.25, 0.3) is 5.56 Å². The lowest BCUT2D eigenvalue weighted by Crippen LogP contribution is -2.39. The zero-order valence-corrected chi connectivity index (χ0v) is 20.2. The third-order valence-corrected chi connectivity index (χ3v) is 8.20. The van der Waals surface area contributed by atoms with Crippen molar-refractivity contribution in [2.45, 2.75) is 44.4 Å². The lowest BCUT2D eigenvalue weighted by Gasteiger charge is -2.31. The first-order chi connectivity index (χ1) is 17.2. The summed E-state index contributed by atoms with van der Waals surface area (Å²) in [5.74, 6) is -0.260. The normalized spacial score (nSPS) is 17.7. The van der Waals surface area contributed by atoms with Gasteiger partial charge in [-0.05, 0) is 36.0 Å². The number of thiophene rings is 1. The number of carbonyl (C=O) groups is 1. The molecule has 4 aromatic rings. The molecule has 1 unspecified atom stereocenters. The molecule has 1 atom stereocenters. The average molecular weight is 486 g/mol. The summed E-state index contributed by atoms with van der Waals surface area (Å²) < 4.78 is 7.42. The maximum atomic E-state index is 13.9. The van der Waals surface area contributed by atoms with E-state index in [9.17, 15) is 9.59 Å². The van der Waals surface area contributed by atoms with Gasteiger partial charge < -0.3 is 9.64 Å². The third-order valence-electron chi connectivity index (χ3n) is 7.08. The molecule has 0 aliphatic carbocycles. The molecule has 6 nitrogen and oxygen atoms in total. The van der Waals surface area contributed by atoms with Crippen LogP contribution < -0.4 is 5.56 Å². The number of hydrogen-bond donors (Lipinski definition) is 0. The maximum absolute atomic E-state index is 13.9. The fourth-order valence-electron chi connectivity index (χ4n) is 5.30. The second-order valence-corrected chi connectivity index (χ2v) is 10.4. The summed E-state index contributed by atoms with van der Waals surface area (Å²) in [4.78, 5) is 35.6. The summed E-state index contributed by atoms with van der Waals surface area (Å²) in [7, 11) is 0. The molecular formula is C28H27N3O3S. The lowest BCUT2D eigenvalue weighted by atomic mass is 9.89. The molecule has 2 aliphatic heterocycles. The van der Waals surface area contributed by atoms with Crippen molar-refractivity contribution in [2.24, 2.45) is 0 Å². The first kappa shape index (κ1) is 22.2. The highest BCUT2D eigenvalue weighted by Crippen LogP contribution is 2.35. The quantitative estimate of drug-likeness (QED) is 0.422. The molecule has 2 aromatic heterocycles. The summed E-state index contributed by atoms with van der Waals surface area (Å²) in [5, 5.41) is 0.722. The highest BCUT2D eigenvalue weighted by Gasteiger charge is 2.32. The summed E-state index contributed by atoms with van der Waals surface area (Å²) in [6, 6.07) is 19.9. The first-order valence-corrected chi connectivity index (χ1v) is 13.0. The van der Waals surface area contributed by atoms with Gasteiger partial charge in [0.05, 0.1) is 36.8 Å². The van der Waals surface area contributed by atoms with E-state index in [0.29, 0.717) is 26.1 Å². The van der Waals surface area contributed by atoms with Gasteiger partial charge in [0, 0.05) is 18.0 Å². The Morgan fingerprint density at radius 1 is 1.09 bits per heavy atom. The van der Waals surface area contributed by atoms with Crippen LogP contribution in [0.4, 0.5) is 0 Å². The average Bonchev–Trinajstić information content (AvgIpc) is 3.54. The monoisotopic (exact) mass is 485 g/mol. The Morgan fingerprint density at radius 3 is 2.46 bits per heavy atom. The minimum atomic E-state index is -0.352. The highest BCUT2D eigenvalue weighted by molar-refractivity contribution is 7.18. The number of rotatable bonds is 5. The predicted octanol–water partition coefficient (Wildman–Crippen LogP) is 4.35. The van der Waals surface area contributed by atoms with Crippen LogP contribution in [0.2, 0.25) is 0 Å². The molecule has 0 bridgehead atoms. The van der Waals surface area contributed by atoms with Crippen LogP contribution in [0.5, 0.6) is 0 Å². The van der Waals surface area contributed by atoms with E-state index in [1.165, 1.54) is 0 Å². The van der Waals surface area contributed by atoms with Crippen LogP contribution in [0.15, 0.2) is 71.8 Å². The number of carbonyl (C=O) groups excluding carboxylic acids is 1. The molecule has 0 N–H and O–H groups in total. The Hall–Kier alpha value is -3.29. The number of fused-ring (bicyclic) bond motifs is 3. The molecule has 0 saturated carbocycles. The van der Waals surface area contributed by atoms with Crippen LogP contribution in [0.3, 0.4) is 0 Å². The zero-order chi connectivity index (χ0) is 23.8. The molecular weight excluding hydrogens is 458 g/mol. The molecule has 35 heavy (non-hydrogen) atoms. The van der Waals surface area contributed by atoms with E-state index < -0.39 is 0 Å². The van der Waals surface area contributed by atoms with E-state index in [-0.39, 0.29) is 23.5 Å². The van der Waals surface area contributed by atoms with Crippen molar-refractivity contribution in [3.05, 3.63) is 98.9 Å². The summed E-state index contributed by atoms with van der Waals surface area (Å²) in [5.41, 5.74) is 3.05. The van der Waals surface area contributed by atoms with Gasteiger partial charge in [0.1, 0.15) is 4.83 Å². The second kappa shape index (κ2) is 9.40. The smallest absolute Gasteiger partial charge is 0.262 e. The lowest BCUT2D eigenvalue weighted by molar-refractivity contribution is -0.132. The molecule has 178 valence electrons. The number of amides is 1. The Bertz CT molecular complexity index is 1370. The minimum absolute atomic E-state index is 0.00854. The number of nitrogens with zero attached hydrogens (tertiary/aromatic N) is 3. The standard InChI is InChI=1S/C28H27N3O3S/c32-27(24(19-8-3-1-4-9-19)20-10-5-2-6-11-20)30-14-13-22-23(17-30)35-26-25(22)28(33)31(18-29-26)16-21-12-7-15-34-21/h1-6,8-11,18,21,24H,7,12-17H2. The Morgan fingerprint density at radius 2 is 1.80 bits per heavy atom. The van der Waals surface area contributed by atoms with E-state index in [4.69, 9.17) is 4.74 Å². The van der Waals surface area contributed by atoms with Crippen molar-refractivity contribution in [1.29, 1.82) is 0 Å². The van der Waals surface area contributed by atoms with Gasteiger partial charge >= 0.3 is 0 Å². The molecule has 0 radical (unpaired) electrons. The van der Waals surface area contributed by atoms with Gasteiger partial charge in [-0.2, -0.15) is 0 Å². The minimum Gasteiger partial charge on any atom is -0.376 e. The van der Waals surface area contributed by atoms with Crippen molar-refractivity contribution < 1.29 is 9.53 Å². The van der Waals surface area contributed by atoms with Gasteiger partial charge in [-0.3, -0.25) is 14.2 Å². The van der Waals surface area contributed by atoms with E-state index in [1.807, 2.05) is 65.6 Å². The molecule has 2 aromatic carbocycles. The van der Waals surface area contributed by atoms with Crippen LogP contribution in [0.25, 0.3) is 10.2 Å². The Kier molecular flexibility index (Phi) is 5.96. The van der Waals surface area contributed by atoms with Gasteiger partial charge in [-0.25, -0.2) is 4.98 Å². The number of ether oxygens (including phenoxy) is 1. The molecule has 1 amide bonds.